The van der Waals surface area contributed by atoms with Crippen molar-refractivity contribution in [2.75, 3.05) is 0 Å². The lowest BCUT2D eigenvalue weighted by Gasteiger charge is -1.95. The Bertz CT molecular complexity index is 686. The van der Waals surface area contributed by atoms with Gasteiger partial charge in [0.1, 0.15) is 10.8 Å². The van der Waals surface area contributed by atoms with E-state index in [4.69, 9.17) is 0 Å². The fourth-order valence-corrected chi connectivity index (χ4v) is 3.43. The zero-order chi connectivity index (χ0) is 13.2. The third kappa shape index (κ3) is 2.88. The van der Waals surface area contributed by atoms with Crippen LogP contribution in [0.5, 0.6) is 0 Å². The average Bonchev–Trinajstić information content (AvgIpc) is 3.00. The molecule has 2 aromatic heterocycles. The average molecular weight is 290 g/mol. The maximum atomic E-state index is 12.9. The molecule has 0 bridgehead atoms. The summed E-state index contributed by atoms with van der Waals surface area (Å²) in [6.07, 6.45) is 0.768. The lowest BCUT2D eigenvalue weighted by atomic mass is 10.2. The van der Waals surface area contributed by atoms with Crippen LogP contribution in [0.25, 0.3) is 11.3 Å². The molecule has 2 heterocycles. The predicted molar refractivity (Wildman–Crippen MR) is 77.2 cm³/mol. The highest BCUT2D eigenvalue weighted by atomic mass is 32.1. The number of aromatic nitrogens is 2. The molecule has 0 radical (unpaired) electrons. The highest BCUT2D eigenvalue weighted by Gasteiger charge is 2.07. The summed E-state index contributed by atoms with van der Waals surface area (Å²) in [5.74, 6) is -0.225. The maximum absolute atomic E-state index is 12.9. The van der Waals surface area contributed by atoms with E-state index >= 15 is 0 Å². The minimum Gasteiger partial charge on any atom is -0.246 e. The number of rotatable bonds is 3. The summed E-state index contributed by atoms with van der Waals surface area (Å²) in [5.41, 5.74) is 2.89. The van der Waals surface area contributed by atoms with Crippen molar-refractivity contribution in [3.8, 4) is 11.3 Å². The van der Waals surface area contributed by atoms with Gasteiger partial charge in [-0.1, -0.05) is 0 Å². The van der Waals surface area contributed by atoms with E-state index < -0.39 is 0 Å². The van der Waals surface area contributed by atoms with Gasteiger partial charge in [-0.15, -0.1) is 22.7 Å². The van der Waals surface area contributed by atoms with Crippen molar-refractivity contribution in [3.05, 3.63) is 56.6 Å². The number of nitrogens with zero attached hydrogens (tertiary/aromatic N) is 2. The molecular formula is C14H11FN2S2. The highest BCUT2D eigenvalue weighted by molar-refractivity contribution is 7.11. The molecule has 0 amide bonds. The van der Waals surface area contributed by atoms with E-state index in [2.05, 4.69) is 9.97 Å². The normalized spacial score (nSPS) is 10.8. The van der Waals surface area contributed by atoms with Crippen molar-refractivity contribution in [3.63, 3.8) is 0 Å². The Hall–Kier alpha value is -1.59. The van der Waals surface area contributed by atoms with Crippen LogP contribution in [0, 0.1) is 12.7 Å². The molecule has 0 aliphatic rings. The number of benzene rings is 1. The summed E-state index contributed by atoms with van der Waals surface area (Å²) < 4.78 is 12.9. The zero-order valence-corrected chi connectivity index (χ0v) is 11.9. The van der Waals surface area contributed by atoms with Crippen LogP contribution >= 0.6 is 22.7 Å². The van der Waals surface area contributed by atoms with E-state index in [0.29, 0.717) is 0 Å². The van der Waals surface area contributed by atoms with Crippen molar-refractivity contribution >= 4 is 22.7 Å². The summed E-state index contributed by atoms with van der Waals surface area (Å²) in [6.45, 7) is 1.99. The van der Waals surface area contributed by atoms with Gasteiger partial charge in [0.15, 0.2) is 0 Å². The second kappa shape index (κ2) is 5.19. The first-order chi connectivity index (χ1) is 9.20. The van der Waals surface area contributed by atoms with Crippen molar-refractivity contribution in [1.29, 1.82) is 0 Å². The van der Waals surface area contributed by atoms with Crippen LogP contribution in [-0.4, -0.2) is 9.97 Å². The van der Waals surface area contributed by atoms with Crippen LogP contribution in [0.1, 0.15) is 15.7 Å². The summed E-state index contributed by atoms with van der Waals surface area (Å²) in [7, 11) is 0. The SMILES string of the molecule is Cc1csc(Cc2nc(-c3ccc(F)cc3)cs2)n1. The lowest BCUT2D eigenvalue weighted by molar-refractivity contribution is 0.628. The van der Waals surface area contributed by atoms with Gasteiger partial charge in [-0.2, -0.15) is 0 Å². The molecule has 1 aromatic carbocycles. The molecule has 0 spiro atoms. The highest BCUT2D eigenvalue weighted by Crippen LogP contribution is 2.24. The van der Waals surface area contributed by atoms with Crippen LogP contribution in [0.2, 0.25) is 0 Å². The van der Waals surface area contributed by atoms with Crippen LogP contribution < -0.4 is 0 Å². The number of hydrogen-bond acceptors (Lipinski definition) is 4. The van der Waals surface area contributed by atoms with Crippen LogP contribution in [0.15, 0.2) is 35.0 Å². The first-order valence-corrected chi connectivity index (χ1v) is 7.58. The van der Waals surface area contributed by atoms with Crippen molar-refractivity contribution in [2.24, 2.45) is 0 Å². The number of thiazole rings is 2. The van der Waals surface area contributed by atoms with E-state index in [-0.39, 0.29) is 5.82 Å². The van der Waals surface area contributed by atoms with E-state index in [1.54, 1.807) is 34.8 Å². The van der Waals surface area contributed by atoms with Gasteiger partial charge in [0, 0.05) is 22.0 Å². The summed E-state index contributed by atoms with van der Waals surface area (Å²) >= 11 is 3.27. The van der Waals surface area contributed by atoms with Gasteiger partial charge in [-0.05, 0) is 31.2 Å². The predicted octanol–water partition coefficient (Wildman–Crippen LogP) is 4.30. The molecule has 19 heavy (non-hydrogen) atoms. The molecule has 3 aromatic rings. The van der Waals surface area contributed by atoms with Gasteiger partial charge in [-0.25, -0.2) is 14.4 Å². The largest absolute Gasteiger partial charge is 0.246 e. The Morgan fingerprint density at radius 3 is 2.37 bits per heavy atom. The summed E-state index contributed by atoms with van der Waals surface area (Å²) in [5, 5.41) is 6.17. The molecule has 0 unspecified atom stereocenters. The second-order valence-electron chi connectivity index (χ2n) is 4.19. The first kappa shape index (κ1) is 12.4. The third-order valence-electron chi connectivity index (χ3n) is 2.66. The van der Waals surface area contributed by atoms with Crippen LogP contribution in [0.3, 0.4) is 0 Å². The Balaban J connectivity index is 1.81. The molecule has 96 valence electrons. The molecule has 0 aliphatic carbocycles. The first-order valence-electron chi connectivity index (χ1n) is 5.82. The van der Waals surface area contributed by atoms with Gasteiger partial charge in [0.2, 0.25) is 0 Å². The number of halogens is 1. The minimum atomic E-state index is -0.225. The second-order valence-corrected chi connectivity index (χ2v) is 6.08. The monoisotopic (exact) mass is 290 g/mol. The lowest BCUT2D eigenvalue weighted by Crippen LogP contribution is -1.87. The molecule has 0 saturated heterocycles. The molecule has 5 heteroatoms. The molecule has 2 nitrogen and oxygen atoms in total. The fraction of sp³-hybridized carbons (Fsp3) is 0.143. The Labute approximate surface area is 118 Å². The van der Waals surface area contributed by atoms with Gasteiger partial charge < -0.3 is 0 Å². The Morgan fingerprint density at radius 2 is 1.68 bits per heavy atom. The van der Waals surface area contributed by atoms with E-state index in [1.807, 2.05) is 17.7 Å². The molecule has 3 rings (SSSR count). The maximum Gasteiger partial charge on any atom is 0.123 e. The molecule has 0 aliphatic heterocycles. The molecule has 0 fully saturated rings. The van der Waals surface area contributed by atoms with Crippen molar-refractivity contribution < 1.29 is 4.39 Å². The fourth-order valence-electron chi connectivity index (χ4n) is 1.76. The number of hydrogen-bond donors (Lipinski definition) is 0. The van der Waals surface area contributed by atoms with E-state index in [9.17, 15) is 4.39 Å². The van der Waals surface area contributed by atoms with Crippen molar-refractivity contribution in [2.45, 2.75) is 13.3 Å². The topological polar surface area (TPSA) is 25.8 Å². The summed E-state index contributed by atoms with van der Waals surface area (Å²) in [4.78, 5) is 9.01. The van der Waals surface area contributed by atoms with Gasteiger partial charge in [0.25, 0.3) is 0 Å². The van der Waals surface area contributed by atoms with Gasteiger partial charge in [-0.3, -0.25) is 0 Å². The minimum absolute atomic E-state index is 0.225. The molecule has 0 saturated carbocycles. The number of aryl methyl sites for hydroxylation is 1. The third-order valence-corrected chi connectivity index (χ3v) is 4.48. The van der Waals surface area contributed by atoms with Gasteiger partial charge in [0.05, 0.1) is 17.1 Å². The quantitative estimate of drug-likeness (QED) is 0.718. The van der Waals surface area contributed by atoms with E-state index in [1.165, 1.54) is 12.1 Å². The zero-order valence-electron chi connectivity index (χ0n) is 10.3. The Kier molecular flexibility index (Phi) is 3.40. The smallest absolute Gasteiger partial charge is 0.123 e. The summed E-state index contributed by atoms with van der Waals surface area (Å²) in [6, 6.07) is 6.42. The van der Waals surface area contributed by atoms with Crippen LogP contribution in [0.4, 0.5) is 4.39 Å². The Morgan fingerprint density at radius 1 is 1.00 bits per heavy atom. The standard InChI is InChI=1S/C14H11FN2S2/c1-9-7-18-13(16-9)6-14-17-12(8-19-14)10-2-4-11(15)5-3-10/h2-5,7-8H,6H2,1H3. The van der Waals surface area contributed by atoms with Gasteiger partial charge >= 0.3 is 0 Å². The molecule has 0 atom stereocenters. The van der Waals surface area contributed by atoms with E-state index in [0.717, 1.165) is 33.4 Å². The molecular weight excluding hydrogens is 279 g/mol. The van der Waals surface area contributed by atoms with Crippen LogP contribution in [-0.2, 0) is 6.42 Å². The van der Waals surface area contributed by atoms with Crippen molar-refractivity contribution in [1.82, 2.24) is 9.97 Å². The molecule has 0 N–H and O–H groups in total.